The van der Waals surface area contributed by atoms with Crippen molar-refractivity contribution >= 4 is 11.8 Å². The van der Waals surface area contributed by atoms with E-state index in [1.807, 2.05) is 0 Å². The molecule has 0 radical (unpaired) electrons. The number of hydrogen-bond acceptors (Lipinski definition) is 7. The molecule has 6 nitrogen and oxygen atoms in total. The Hall–Kier alpha value is -1.81. The minimum atomic E-state index is -1.38. The zero-order valence-corrected chi connectivity index (χ0v) is 13.0. The summed E-state index contributed by atoms with van der Waals surface area (Å²) in [5.74, 6) is -1.86. The summed E-state index contributed by atoms with van der Waals surface area (Å²) in [6.45, 7) is 0. The van der Waals surface area contributed by atoms with Crippen molar-refractivity contribution in [2.75, 3.05) is 5.75 Å². The van der Waals surface area contributed by atoms with Gasteiger partial charge in [-0.1, -0.05) is 0 Å². The highest BCUT2D eigenvalue weighted by Gasteiger charge is 2.39. The molecule has 2 aromatic heterocycles. The summed E-state index contributed by atoms with van der Waals surface area (Å²) in [5.41, 5.74) is -0.855. The highest BCUT2D eigenvalue weighted by Crippen LogP contribution is 2.31. The molecule has 24 heavy (non-hydrogen) atoms. The van der Waals surface area contributed by atoms with Crippen molar-refractivity contribution in [3.8, 4) is 17.0 Å². The van der Waals surface area contributed by atoms with E-state index in [1.54, 1.807) is 0 Å². The van der Waals surface area contributed by atoms with E-state index in [0.29, 0.717) is 0 Å². The van der Waals surface area contributed by atoms with Gasteiger partial charge in [-0.15, -0.1) is 11.8 Å². The summed E-state index contributed by atoms with van der Waals surface area (Å²) >= 11 is 1.04. The first-order valence-electron chi connectivity index (χ1n) is 7.07. The van der Waals surface area contributed by atoms with Gasteiger partial charge in [-0.2, -0.15) is 8.78 Å². The number of rotatable bonds is 3. The van der Waals surface area contributed by atoms with Gasteiger partial charge in [0.15, 0.2) is 11.2 Å². The quantitative estimate of drug-likeness (QED) is 0.705. The van der Waals surface area contributed by atoms with E-state index in [0.717, 1.165) is 11.8 Å². The molecule has 4 atom stereocenters. The second-order valence-electron chi connectivity index (χ2n) is 5.20. The second-order valence-corrected chi connectivity index (χ2v) is 6.33. The molecule has 2 aromatic rings. The van der Waals surface area contributed by atoms with Crippen LogP contribution in [0, 0.1) is 11.9 Å². The van der Waals surface area contributed by atoms with Crippen LogP contribution in [0.5, 0.6) is 5.75 Å². The van der Waals surface area contributed by atoms with Crippen LogP contribution in [0.4, 0.5) is 8.78 Å². The van der Waals surface area contributed by atoms with E-state index < -0.39 is 35.6 Å². The third-order valence-corrected chi connectivity index (χ3v) is 4.78. The molecule has 3 heterocycles. The van der Waals surface area contributed by atoms with Crippen molar-refractivity contribution in [3.05, 3.63) is 42.4 Å². The third kappa shape index (κ3) is 3.34. The van der Waals surface area contributed by atoms with E-state index in [9.17, 15) is 24.1 Å². The second kappa shape index (κ2) is 6.98. The Balaban J connectivity index is 1.80. The van der Waals surface area contributed by atoms with Crippen molar-refractivity contribution in [1.29, 1.82) is 0 Å². The summed E-state index contributed by atoms with van der Waals surface area (Å²) in [5, 5.41) is 29.0. The van der Waals surface area contributed by atoms with Gasteiger partial charge < -0.3 is 20.1 Å². The molecule has 0 saturated carbocycles. The molecule has 1 saturated heterocycles. The van der Waals surface area contributed by atoms with Gasteiger partial charge in [-0.05, 0) is 24.3 Å². The Morgan fingerprint density at radius 3 is 2.58 bits per heavy atom. The number of pyridine rings is 2. The molecule has 1 aliphatic heterocycles. The zero-order chi connectivity index (χ0) is 17.3. The number of aliphatic hydroxyl groups excluding tert-OH is 3. The van der Waals surface area contributed by atoms with E-state index in [1.165, 1.54) is 30.5 Å². The van der Waals surface area contributed by atoms with Gasteiger partial charge in [0.2, 0.25) is 5.95 Å². The Morgan fingerprint density at radius 2 is 1.88 bits per heavy atom. The molecule has 0 bridgehead atoms. The van der Waals surface area contributed by atoms with E-state index >= 15 is 0 Å². The molecule has 9 heteroatoms. The minimum absolute atomic E-state index is 0.0496. The maximum absolute atomic E-state index is 14.1. The fraction of sp³-hybridized carbons (Fsp3) is 0.333. The lowest BCUT2D eigenvalue weighted by molar-refractivity contribution is -0.0790. The van der Waals surface area contributed by atoms with Crippen LogP contribution in [0.15, 0.2) is 30.5 Å². The number of thioether (sulfide) groups is 1. The smallest absolute Gasteiger partial charge is 0.255 e. The molecule has 1 aliphatic rings. The van der Waals surface area contributed by atoms with Gasteiger partial charge in [0.05, 0.1) is 17.4 Å². The van der Waals surface area contributed by atoms with Crippen LogP contribution in [-0.4, -0.2) is 54.8 Å². The molecule has 0 spiro atoms. The number of aliphatic hydroxyl groups is 3. The first-order chi connectivity index (χ1) is 11.5. The van der Waals surface area contributed by atoms with Gasteiger partial charge in [-0.3, -0.25) is 0 Å². The van der Waals surface area contributed by atoms with E-state index in [-0.39, 0.29) is 22.8 Å². The summed E-state index contributed by atoms with van der Waals surface area (Å²) in [4.78, 5) is 7.13. The van der Waals surface area contributed by atoms with Crippen LogP contribution in [0.3, 0.4) is 0 Å². The molecule has 3 N–H and O–H groups in total. The Labute approximate surface area is 140 Å². The molecule has 0 aromatic carbocycles. The molecular weight excluding hydrogens is 342 g/mol. The zero-order valence-electron chi connectivity index (χ0n) is 12.2. The van der Waals surface area contributed by atoms with E-state index in [4.69, 9.17) is 4.74 Å². The lowest BCUT2D eigenvalue weighted by Crippen LogP contribution is -2.50. The topological polar surface area (TPSA) is 95.7 Å². The predicted molar refractivity (Wildman–Crippen MR) is 82.3 cm³/mol. The molecule has 0 amide bonds. The first kappa shape index (κ1) is 17.0. The van der Waals surface area contributed by atoms with Gasteiger partial charge in [0.1, 0.15) is 12.2 Å². The largest absolute Gasteiger partial charge is 0.472 e. The standard InChI is InChI=1S/C15H14F2N2O4S/c16-13-7(2-1-5-18-13)8-3-4-10(14(17)19-8)23-15-12(22)11(21)9(20)6-24-15/h1-5,9,11-12,15,20-22H,6H2/t9-,11+,12-,15-/m1/s1. The Bertz CT molecular complexity index is 736. The number of nitrogens with zero attached hydrogens (tertiary/aromatic N) is 2. The lowest BCUT2D eigenvalue weighted by Gasteiger charge is -2.34. The Morgan fingerprint density at radius 1 is 1.08 bits per heavy atom. The fourth-order valence-corrected chi connectivity index (χ4v) is 3.36. The molecule has 3 rings (SSSR count). The van der Waals surface area contributed by atoms with Gasteiger partial charge in [0, 0.05) is 11.9 Å². The van der Waals surface area contributed by atoms with Crippen molar-refractivity contribution in [3.63, 3.8) is 0 Å². The van der Waals surface area contributed by atoms with Crippen LogP contribution in [0.2, 0.25) is 0 Å². The van der Waals surface area contributed by atoms with Crippen LogP contribution in [0.1, 0.15) is 0 Å². The SMILES string of the molecule is O[C@@H]1[C@@H](O)[C@H](Oc2ccc(-c3cccnc3F)nc2F)SC[C@H]1O. The Kier molecular flexibility index (Phi) is 4.95. The lowest BCUT2D eigenvalue weighted by atomic mass is 10.1. The van der Waals surface area contributed by atoms with Crippen molar-refractivity contribution in [1.82, 2.24) is 9.97 Å². The maximum Gasteiger partial charge on any atom is 0.255 e. The van der Waals surface area contributed by atoms with Gasteiger partial charge >= 0.3 is 0 Å². The normalized spacial score (nSPS) is 27.0. The van der Waals surface area contributed by atoms with Gasteiger partial charge in [-0.25, -0.2) is 9.97 Å². The van der Waals surface area contributed by atoms with E-state index in [2.05, 4.69) is 9.97 Å². The third-order valence-electron chi connectivity index (χ3n) is 3.55. The minimum Gasteiger partial charge on any atom is -0.472 e. The highest BCUT2D eigenvalue weighted by molar-refractivity contribution is 7.99. The van der Waals surface area contributed by atoms with Gasteiger partial charge in [0.25, 0.3) is 5.95 Å². The highest BCUT2D eigenvalue weighted by atomic mass is 32.2. The number of aromatic nitrogens is 2. The molecular formula is C15H14F2N2O4S. The predicted octanol–water partition coefficient (Wildman–Crippen LogP) is 0.956. The molecule has 0 aliphatic carbocycles. The number of hydrogen-bond donors (Lipinski definition) is 3. The fourth-order valence-electron chi connectivity index (χ4n) is 2.24. The summed E-state index contributed by atoms with van der Waals surface area (Å²) < 4.78 is 33.1. The van der Waals surface area contributed by atoms with Crippen LogP contribution in [-0.2, 0) is 0 Å². The van der Waals surface area contributed by atoms with Crippen molar-refractivity contribution < 1.29 is 28.8 Å². The van der Waals surface area contributed by atoms with Crippen LogP contribution >= 0.6 is 11.8 Å². The number of halogens is 2. The maximum atomic E-state index is 14.1. The van der Waals surface area contributed by atoms with Crippen molar-refractivity contribution in [2.24, 2.45) is 0 Å². The van der Waals surface area contributed by atoms with Crippen LogP contribution in [0.25, 0.3) is 11.3 Å². The monoisotopic (exact) mass is 356 g/mol. The first-order valence-corrected chi connectivity index (χ1v) is 8.12. The van der Waals surface area contributed by atoms with Crippen molar-refractivity contribution in [2.45, 2.75) is 23.7 Å². The summed E-state index contributed by atoms with van der Waals surface area (Å²) in [6.07, 6.45) is -2.57. The average Bonchev–Trinajstić information content (AvgIpc) is 2.57. The summed E-state index contributed by atoms with van der Waals surface area (Å²) in [7, 11) is 0. The van der Waals surface area contributed by atoms with Crippen LogP contribution < -0.4 is 4.74 Å². The molecule has 0 unspecified atom stereocenters. The average molecular weight is 356 g/mol. The summed E-state index contributed by atoms with van der Waals surface area (Å²) in [6, 6.07) is 5.55. The number of ether oxygens (including phenoxy) is 1. The molecule has 128 valence electrons. The molecule has 1 fully saturated rings.